The minimum absolute atomic E-state index is 0.0301. The van der Waals surface area contributed by atoms with E-state index in [1.165, 1.54) is 0 Å². The maximum atomic E-state index is 11.2. The molecule has 2 unspecified atom stereocenters. The van der Waals surface area contributed by atoms with Crippen LogP contribution in [0.5, 0.6) is 5.75 Å². The Balaban J connectivity index is 2.41. The van der Waals surface area contributed by atoms with Gasteiger partial charge >= 0.3 is 5.97 Å². The second-order valence-electron chi connectivity index (χ2n) is 4.41. The van der Waals surface area contributed by atoms with Crippen LogP contribution in [0.15, 0.2) is 22.7 Å². The summed E-state index contributed by atoms with van der Waals surface area (Å²) in [5, 5.41) is 9.17. The van der Waals surface area contributed by atoms with Gasteiger partial charge in [0.25, 0.3) is 0 Å². The number of carboxylic acid groups (broad SMARTS) is 1. The first kappa shape index (κ1) is 12.4. The number of benzene rings is 1. The summed E-state index contributed by atoms with van der Waals surface area (Å²) in [6.07, 6.45) is 1.76. The first-order valence-electron chi connectivity index (χ1n) is 5.74. The molecule has 1 aromatic rings. The van der Waals surface area contributed by atoms with Crippen molar-refractivity contribution < 1.29 is 14.6 Å². The molecular formula is C13H15BrO3. The van der Waals surface area contributed by atoms with Gasteiger partial charge in [-0.1, -0.05) is 22.9 Å². The Labute approximate surface area is 109 Å². The van der Waals surface area contributed by atoms with Gasteiger partial charge < -0.3 is 9.84 Å². The van der Waals surface area contributed by atoms with Crippen LogP contribution in [0.1, 0.15) is 31.2 Å². The summed E-state index contributed by atoms with van der Waals surface area (Å²) in [4.78, 5) is 11.2. The molecule has 2 atom stereocenters. The fourth-order valence-corrected chi connectivity index (χ4v) is 2.65. The molecule has 92 valence electrons. The van der Waals surface area contributed by atoms with Gasteiger partial charge in [0.1, 0.15) is 5.75 Å². The fourth-order valence-electron chi connectivity index (χ4n) is 2.27. The maximum Gasteiger partial charge on any atom is 0.306 e. The standard InChI is InChI=1S/C13H15BrO3/c1-8(13(15)16)10-3-2-6-17-12-5-4-9(14)7-11(10)12/h4-5,7-8,10H,2-3,6H2,1H3,(H,15,16). The van der Waals surface area contributed by atoms with Crippen LogP contribution < -0.4 is 4.74 Å². The molecular weight excluding hydrogens is 284 g/mol. The zero-order chi connectivity index (χ0) is 12.4. The predicted molar refractivity (Wildman–Crippen MR) is 68.4 cm³/mol. The van der Waals surface area contributed by atoms with Crippen molar-refractivity contribution in [3.05, 3.63) is 28.2 Å². The molecule has 1 aliphatic rings. The molecule has 0 amide bonds. The van der Waals surface area contributed by atoms with Crippen molar-refractivity contribution in [1.29, 1.82) is 0 Å². The molecule has 17 heavy (non-hydrogen) atoms. The van der Waals surface area contributed by atoms with Gasteiger partial charge in [-0.25, -0.2) is 0 Å². The smallest absolute Gasteiger partial charge is 0.306 e. The van der Waals surface area contributed by atoms with Gasteiger partial charge in [-0.3, -0.25) is 4.79 Å². The summed E-state index contributed by atoms with van der Waals surface area (Å²) >= 11 is 3.43. The summed E-state index contributed by atoms with van der Waals surface area (Å²) in [7, 11) is 0. The Morgan fingerprint density at radius 3 is 3.06 bits per heavy atom. The number of rotatable bonds is 2. The van der Waals surface area contributed by atoms with Crippen molar-refractivity contribution in [3.8, 4) is 5.75 Å². The zero-order valence-corrected chi connectivity index (χ0v) is 11.2. The average molecular weight is 299 g/mol. The molecule has 0 saturated heterocycles. The lowest BCUT2D eigenvalue weighted by atomic mass is 9.84. The highest BCUT2D eigenvalue weighted by atomic mass is 79.9. The van der Waals surface area contributed by atoms with Crippen LogP contribution in [-0.2, 0) is 4.79 Å². The Bertz CT molecular complexity index is 431. The van der Waals surface area contributed by atoms with Crippen LogP contribution in [0.25, 0.3) is 0 Å². The molecule has 4 heteroatoms. The van der Waals surface area contributed by atoms with E-state index < -0.39 is 5.97 Å². The lowest BCUT2D eigenvalue weighted by molar-refractivity contribution is -0.141. The third-order valence-electron chi connectivity index (χ3n) is 3.28. The van der Waals surface area contributed by atoms with Gasteiger partial charge in [-0.2, -0.15) is 0 Å². The van der Waals surface area contributed by atoms with E-state index in [4.69, 9.17) is 9.84 Å². The topological polar surface area (TPSA) is 46.5 Å². The monoisotopic (exact) mass is 298 g/mol. The molecule has 1 aromatic carbocycles. The molecule has 0 fully saturated rings. The minimum Gasteiger partial charge on any atom is -0.493 e. The SMILES string of the molecule is CC(C(=O)O)C1CCCOc2ccc(Br)cc21. The number of hydrogen-bond donors (Lipinski definition) is 1. The third kappa shape index (κ3) is 2.63. The van der Waals surface area contributed by atoms with Crippen LogP contribution >= 0.6 is 15.9 Å². The van der Waals surface area contributed by atoms with Crippen molar-refractivity contribution >= 4 is 21.9 Å². The van der Waals surface area contributed by atoms with Crippen molar-refractivity contribution in [2.75, 3.05) is 6.61 Å². The van der Waals surface area contributed by atoms with E-state index in [1.54, 1.807) is 6.92 Å². The summed E-state index contributed by atoms with van der Waals surface area (Å²) in [5.41, 5.74) is 1.01. The van der Waals surface area contributed by atoms with Crippen LogP contribution in [0, 0.1) is 5.92 Å². The largest absolute Gasteiger partial charge is 0.493 e. The second-order valence-corrected chi connectivity index (χ2v) is 5.32. The number of aliphatic carboxylic acids is 1. The van der Waals surface area contributed by atoms with E-state index >= 15 is 0 Å². The quantitative estimate of drug-likeness (QED) is 0.910. The molecule has 2 rings (SSSR count). The number of fused-ring (bicyclic) bond motifs is 1. The summed E-state index contributed by atoms with van der Waals surface area (Å²) in [6, 6.07) is 5.81. The van der Waals surface area contributed by atoms with Gasteiger partial charge in [0.05, 0.1) is 12.5 Å². The first-order valence-corrected chi connectivity index (χ1v) is 6.54. The number of halogens is 1. The summed E-state index contributed by atoms with van der Waals surface area (Å²) in [5.74, 6) is -0.279. The Morgan fingerprint density at radius 1 is 1.59 bits per heavy atom. The molecule has 0 spiro atoms. The van der Waals surface area contributed by atoms with Crippen molar-refractivity contribution in [2.45, 2.75) is 25.7 Å². The van der Waals surface area contributed by atoms with Gasteiger partial charge in [-0.05, 0) is 36.6 Å². The molecule has 3 nitrogen and oxygen atoms in total. The summed E-state index contributed by atoms with van der Waals surface area (Å²) in [6.45, 7) is 2.43. The second kappa shape index (κ2) is 5.08. The molecule has 1 aliphatic heterocycles. The maximum absolute atomic E-state index is 11.2. The Hall–Kier alpha value is -1.03. The molecule has 0 aliphatic carbocycles. The average Bonchev–Trinajstić information content (AvgIpc) is 2.49. The molecule has 0 aromatic heterocycles. The molecule has 0 bridgehead atoms. The molecule has 0 saturated carbocycles. The highest BCUT2D eigenvalue weighted by Gasteiger charge is 2.29. The van der Waals surface area contributed by atoms with E-state index in [1.807, 2.05) is 18.2 Å². The number of carboxylic acids is 1. The van der Waals surface area contributed by atoms with E-state index in [9.17, 15) is 4.79 Å². The highest BCUT2D eigenvalue weighted by Crippen LogP contribution is 2.39. The van der Waals surface area contributed by atoms with Crippen LogP contribution in [0.3, 0.4) is 0 Å². The van der Waals surface area contributed by atoms with Gasteiger partial charge in [0.15, 0.2) is 0 Å². The number of carbonyl (C=O) groups is 1. The van der Waals surface area contributed by atoms with Crippen LogP contribution in [-0.4, -0.2) is 17.7 Å². The molecule has 1 heterocycles. The van der Waals surface area contributed by atoms with Gasteiger partial charge in [0.2, 0.25) is 0 Å². The van der Waals surface area contributed by atoms with Crippen LogP contribution in [0.2, 0.25) is 0 Å². The number of ether oxygens (including phenoxy) is 1. The van der Waals surface area contributed by atoms with Gasteiger partial charge in [-0.15, -0.1) is 0 Å². The van der Waals surface area contributed by atoms with E-state index in [0.717, 1.165) is 28.6 Å². The van der Waals surface area contributed by atoms with E-state index in [0.29, 0.717) is 6.61 Å². The lowest BCUT2D eigenvalue weighted by Gasteiger charge is -2.20. The van der Waals surface area contributed by atoms with Crippen LogP contribution in [0.4, 0.5) is 0 Å². The summed E-state index contributed by atoms with van der Waals surface area (Å²) < 4.78 is 6.61. The fraction of sp³-hybridized carbons (Fsp3) is 0.462. The normalized spacial score (nSPS) is 20.9. The first-order chi connectivity index (χ1) is 8.09. The van der Waals surface area contributed by atoms with Crippen molar-refractivity contribution in [2.24, 2.45) is 5.92 Å². The molecule has 1 N–H and O–H groups in total. The van der Waals surface area contributed by atoms with E-state index in [-0.39, 0.29) is 11.8 Å². The van der Waals surface area contributed by atoms with E-state index in [2.05, 4.69) is 15.9 Å². The third-order valence-corrected chi connectivity index (χ3v) is 3.77. The lowest BCUT2D eigenvalue weighted by Crippen LogP contribution is -2.18. The van der Waals surface area contributed by atoms with Crippen molar-refractivity contribution in [1.82, 2.24) is 0 Å². The minimum atomic E-state index is -0.747. The zero-order valence-electron chi connectivity index (χ0n) is 9.65. The Kier molecular flexibility index (Phi) is 3.72. The Morgan fingerprint density at radius 2 is 2.35 bits per heavy atom. The predicted octanol–water partition coefficient (Wildman–Crippen LogP) is 3.43. The van der Waals surface area contributed by atoms with Crippen molar-refractivity contribution in [3.63, 3.8) is 0 Å². The van der Waals surface area contributed by atoms with Gasteiger partial charge in [0, 0.05) is 10.4 Å². The number of hydrogen-bond acceptors (Lipinski definition) is 2. The highest BCUT2D eigenvalue weighted by molar-refractivity contribution is 9.10. The molecule has 0 radical (unpaired) electrons.